The SMILES string of the molecule is CC(C)Oc1nc(F)c(F)cc1F. The standard InChI is InChI=1S/C8H8F3NO/c1-4(2)13-8-6(10)3-5(9)7(11)12-8/h3-4H,1-2H3. The van der Waals surface area contributed by atoms with Crippen molar-refractivity contribution in [3.05, 3.63) is 23.6 Å². The van der Waals surface area contributed by atoms with E-state index in [2.05, 4.69) is 4.98 Å². The van der Waals surface area contributed by atoms with Crippen LogP contribution in [-0.4, -0.2) is 11.1 Å². The highest BCUT2D eigenvalue weighted by Crippen LogP contribution is 2.17. The molecule has 0 saturated carbocycles. The molecular formula is C8H8F3NO. The zero-order valence-electron chi connectivity index (χ0n) is 7.14. The molecule has 0 bridgehead atoms. The van der Waals surface area contributed by atoms with Crippen molar-refractivity contribution in [2.45, 2.75) is 20.0 Å². The Morgan fingerprint density at radius 2 is 1.85 bits per heavy atom. The molecule has 0 radical (unpaired) electrons. The molecule has 0 aliphatic heterocycles. The smallest absolute Gasteiger partial charge is 0.253 e. The van der Waals surface area contributed by atoms with Gasteiger partial charge in [0.25, 0.3) is 11.8 Å². The first-order valence-corrected chi connectivity index (χ1v) is 3.69. The predicted molar refractivity (Wildman–Crippen MR) is 39.9 cm³/mol. The van der Waals surface area contributed by atoms with Gasteiger partial charge in [-0.05, 0) is 13.8 Å². The molecule has 2 nitrogen and oxygen atoms in total. The minimum atomic E-state index is -1.36. The summed E-state index contributed by atoms with van der Waals surface area (Å²) >= 11 is 0. The van der Waals surface area contributed by atoms with Crippen molar-refractivity contribution in [2.75, 3.05) is 0 Å². The van der Waals surface area contributed by atoms with Crippen molar-refractivity contribution in [2.24, 2.45) is 0 Å². The Balaban J connectivity index is 3.01. The van der Waals surface area contributed by atoms with Crippen LogP contribution in [0.1, 0.15) is 13.8 Å². The summed E-state index contributed by atoms with van der Waals surface area (Å²) in [6, 6.07) is 0.403. The maximum absolute atomic E-state index is 12.8. The van der Waals surface area contributed by atoms with Crippen molar-refractivity contribution < 1.29 is 17.9 Å². The fraction of sp³-hybridized carbons (Fsp3) is 0.375. The summed E-state index contributed by atoms with van der Waals surface area (Å²) in [6.07, 6.45) is -0.341. The fourth-order valence-corrected chi connectivity index (χ4v) is 0.734. The molecule has 0 fully saturated rings. The molecule has 13 heavy (non-hydrogen) atoms. The molecule has 0 aliphatic rings. The normalized spacial score (nSPS) is 10.6. The van der Waals surface area contributed by atoms with Gasteiger partial charge in [-0.15, -0.1) is 0 Å². The number of aromatic nitrogens is 1. The Labute approximate surface area is 73.4 Å². The summed E-state index contributed by atoms with van der Waals surface area (Å²) in [5, 5.41) is 0. The van der Waals surface area contributed by atoms with Crippen LogP contribution in [0.15, 0.2) is 6.07 Å². The molecule has 0 saturated heterocycles. The van der Waals surface area contributed by atoms with Gasteiger partial charge in [-0.3, -0.25) is 0 Å². The van der Waals surface area contributed by atoms with E-state index >= 15 is 0 Å². The average Bonchev–Trinajstić information content (AvgIpc) is 1.99. The topological polar surface area (TPSA) is 22.1 Å². The molecule has 0 spiro atoms. The third-order valence-electron chi connectivity index (χ3n) is 1.20. The summed E-state index contributed by atoms with van der Waals surface area (Å²) < 4.78 is 42.4. The molecule has 1 rings (SSSR count). The Morgan fingerprint density at radius 3 is 2.38 bits per heavy atom. The number of halogens is 3. The van der Waals surface area contributed by atoms with Gasteiger partial charge in [0.15, 0.2) is 11.6 Å². The number of hydrogen-bond donors (Lipinski definition) is 0. The highest BCUT2D eigenvalue weighted by Gasteiger charge is 2.13. The quantitative estimate of drug-likeness (QED) is 0.669. The van der Waals surface area contributed by atoms with E-state index in [4.69, 9.17) is 4.74 Å². The minimum absolute atomic E-state index is 0.341. The van der Waals surface area contributed by atoms with Crippen LogP contribution < -0.4 is 4.74 Å². The number of rotatable bonds is 2. The van der Waals surface area contributed by atoms with Gasteiger partial charge in [0.1, 0.15) is 0 Å². The van der Waals surface area contributed by atoms with Gasteiger partial charge in [-0.25, -0.2) is 8.78 Å². The number of nitrogens with zero attached hydrogens (tertiary/aromatic N) is 1. The van der Waals surface area contributed by atoms with Gasteiger partial charge in [-0.2, -0.15) is 9.37 Å². The molecule has 0 unspecified atom stereocenters. The Hall–Kier alpha value is -1.26. The van der Waals surface area contributed by atoms with Crippen LogP contribution in [0.2, 0.25) is 0 Å². The van der Waals surface area contributed by atoms with E-state index < -0.39 is 23.5 Å². The van der Waals surface area contributed by atoms with Crippen molar-refractivity contribution >= 4 is 0 Å². The van der Waals surface area contributed by atoms with Crippen LogP contribution in [0.25, 0.3) is 0 Å². The predicted octanol–water partition coefficient (Wildman–Crippen LogP) is 2.29. The second-order valence-corrected chi connectivity index (χ2v) is 2.71. The first kappa shape index (κ1) is 9.83. The highest BCUT2D eigenvalue weighted by atomic mass is 19.2. The van der Waals surface area contributed by atoms with E-state index in [1.807, 2.05) is 0 Å². The lowest BCUT2D eigenvalue weighted by Crippen LogP contribution is -2.09. The number of pyridine rings is 1. The maximum Gasteiger partial charge on any atom is 0.253 e. The molecule has 0 N–H and O–H groups in total. The van der Waals surface area contributed by atoms with Crippen LogP contribution in [0.4, 0.5) is 13.2 Å². The zero-order valence-corrected chi connectivity index (χ0v) is 7.14. The molecule has 72 valence electrons. The summed E-state index contributed by atoms with van der Waals surface area (Å²) in [7, 11) is 0. The summed E-state index contributed by atoms with van der Waals surface area (Å²) in [5.41, 5.74) is 0. The van der Waals surface area contributed by atoms with Gasteiger partial charge in [0, 0.05) is 6.07 Å². The van der Waals surface area contributed by atoms with E-state index in [1.54, 1.807) is 13.8 Å². The largest absolute Gasteiger partial charge is 0.473 e. The molecule has 0 aromatic carbocycles. The monoisotopic (exact) mass is 191 g/mol. The average molecular weight is 191 g/mol. The molecule has 1 aromatic heterocycles. The van der Waals surface area contributed by atoms with Crippen LogP contribution in [-0.2, 0) is 0 Å². The van der Waals surface area contributed by atoms with Crippen LogP contribution >= 0.6 is 0 Å². The highest BCUT2D eigenvalue weighted by molar-refractivity contribution is 5.15. The maximum atomic E-state index is 12.8. The number of ether oxygens (including phenoxy) is 1. The third kappa shape index (κ3) is 2.34. The Kier molecular flexibility index (Phi) is 2.75. The first-order chi connectivity index (χ1) is 6.00. The molecule has 1 heterocycles. The second kappa shape index (κ2) is 3.64. The van der Waals surface area contributed by atoms with E-state index in [9.17, 15) is 13.2 Å². The van der Waals surface area contributed by atoms with Gasteiger partial charge in [-0.1, -0.05) is 0 Å². The van der Waals surface area contributed by atoms with Crippen molar-refractivity contribution in [1.29, 1.82) is 0 Å². The second-order valence-electron chi connectivity index (χ2n) is 2.71. The fourth-order valence-electron chi connectivity index (χ4n) is 0.734. The van der Waals surface area contributed by atoms with E-state index in [0.29, 0.717) is 6.07 Å². The molecule has 0 aliphatic carbocycles. The van der Waals surface area contributed by atoms with Crippen LogP contribution in [0.3, 0.4) is 0 Å². The van der Waals surface area contributed by atoms with Gasteiger partial charge in [0.05, 0.1) is 6.10 Å². The van der Waals surface area contributed by atoms with Crippen LogP contribution in [0, 0.1) is 17.6 Å². The molecule has 1 aromatic rings. The third-order valence-corrected chi connectivity index (χ3v) is 1.20. The molecule has 0 atom stereocenters. The summed E-state index contributed by atoms with van der Waals surface area (Å²) in [4.78, 5) is 2.97. The van der Waals surface area contributed by atoms with Gasteiger partial charge < -0.3 is 4.74 Å². The lowest BCUT2D eigenvalue weighted by Gasteiger charge is -2.08. The first-order valence-electron chi connectivity index (χ1n) is 3.69. The van der Waals surface area contributed by atoms with Crippen molar-refractivity contribution in [1.82, 2.24) is 4.98 Å². The Morgan fingerprint density at radius 1 is 1.23 bits per heavy atom. The van der Waals surface area contributed by atoms with Crippen LogP contribution in [0.5, 0.6) is 5.88 Å². The lowest BCUT2D eigenvalue weighted by molar-refractivity contribution is 0.215. The van der Waals surface area contributed by atoms with E-state index in [0.717, 1.165) is 0 Å². The zero-order chi connectivity index (χ0) is 10.0. The van der Waals surface area contributed by atoms with E-state index in [-0.39, 0.29) is 6.10 Å². The van der Waals surface area contributed by atoms with Gasteiger partial charge in [0.2, 0.25) is 0 Å². The summed E-state index contributed by atoms with van der Waals surface area (Å²) in [6.45, 7) is 3.25. The molecular weight excluding hydrogens is 183 g/mol. The summed E-state index contributed by atoms with van der Waals surface area (Å²) in [5.74, 6) is -4.22. The molecule has 0 amide bonds. The molecule has 5 heteroatoms. The number of hydrogen-bond acceptors (Lipinski definition) is 2. The Bertz CT molecular complexity index is 315. The lowest BCUT2D eigenvalue weighted by atomic mass is 10.4. The van der Waals surface area contributed by atoms with Gasteiger partial charge >= 0.3 is 0 Å². The van der Waals surface area contributed by atoms with E-state index in [1.165, 1.54) is 0 Å². The van der Waals surface area contributed by atoms with Crippen molar-refractivity contribution in [3.63, 3.8) is 0 Å². The van der Waals surface area contributed by atoms with Crippen molar-refractivity contribution in [3.8, 4) is 5.88 Å². The minimum Gasteiger partial charge on any atom is -0.473 e.